The van der Waals surface area contributed by atoms with Crippen LogP contribution in [0.4, 0.5) is 11.5 Å². The van der Waals surface area contributed by atoms with E-state index >= 15 is 0 Å². The number of Topliss-reactive ketones (excluding diaryl/α,β-unsaturated/α-hetero) is 1. The fourth-order valence-corrected chi connectivity index (χ4v) is 7.75. The standard InChI is InChI=1S/C29H32N6O2/c30-27-25(10-24(33-34-27)22-3-1-2-4-26(22)37)35-15-17-9-23-19(16-35)12-29(23,11-17)28-31-13-20(14-32-28)18-5-7-21(36)8-6-18/h1-4,10,13-14,17-19,23,37H,5-9,11-12,15-16H2,(H2,30,34). The molecule has 3 heterocycles. The molecule has 4 atom stereocenters. The first-order chi connectivity index (χ1) is 18.0. The molecular formula is C29H32N6O2. The Kier molecular flexibility index (Phi) is 5.20. The van der Waals surface area contributed by atoms with Crippen molar-refractivity contribution < 1.29 is 9.90 Å². The number of nitrogens with zero attached hydrogens (tertiary/aromatic N) is 5. The minimum absolute atomic E-state index is 0.103. The number of aromatic nitrogens is 4. The van der Waals surface area contributed by atoms with Crippen LogP contribution in [-0.4, -0.2) is 44.1 Å². The summed E-state index contributed by atoms with van der Waals surface area (Å²) in [4.78, 5) is 23.9. The van der Waals surface area contributed by atoms with Gasteiger partial charge in [0.2, 0.25) is 0 Å². The van der Waals surface area contributed by atoms with E-state index in [1.165, 1.54) is 12.0 Å². The monoisotopic (exact) mass is 496 g/mol. The number of benzene rings is 1. The summed E-state index contributed by atoms with van der Waals surface area (Å²) < 4.78 is 0. The number of phenolic OH excluding ortho intramolecular Hbond substituents is 1. The molecule has 3 aromatic rings. The van der Waals surface area contributed by atoms with E-state index in [0.29, 0.717) is 59.4 Å². The number of para-hydroxylation sites is 1. The van der Waals surface area contributed by atoms with Crippen LogP contribution in [0, 0.1) is 17.8 Å². The molecule has 2 bridgehead atoms. The number of carbonyl (C=O) groups excluding carboxylic acids is 1. The van der Waals surface area contributed by atoms with Gasteiger partial charge in [-0.2, -0.15) is 0 Å². The molecule has 8 nitrogen and oxygen atoms in total. The summed E-state index contributed by atoms with van der Waals surface area (Å²) in [6, 6.07) is 9.17. The molecule has 0 spiro atoms. The molecule has 1 saturated heterocycles. The first kappa shape index (κ1) is 22.6. The summed E-state index contributed by atoms with van der Waals surface area (Å²) in [5.74, 6) is 4.16. The maximum absolute atomic E-state index is 11.6. The third-order valence-corrected chi connectivity index (χ3v) is 9.53. The zero-order valence-electron chi connectivity index (χ0n) is 20.9. The lowest BCUT2D eigenvalue weighted by Crippen LogP contribution is -2.53. The van der Waals surface area contributed by atoms with Gasteiger partial charge >= 0.3 is 0 Å². The highest BCUT2D eigenvalue weighted by molar-refractivity contribution is 5.79. The van der Waals surface area contributed by atoms with Gasteiger partial charge < -0.3 is 15.7 Å². The highest BCUT2D eigenvalue weighted by atomic mass is 16.3. The number of hydrogen-bond acceptors (Lipinski definition) is 8. The SMILES string of the molecule is Nc1nnc(-c2ccccc2O)cc1N1CC2CC3C(C1)CC3(c1ncc(C3CCC(=O)CC3)cn1)C2. The van der Waals surface area contributed by atoms with E-state index in [1.807, 2.05) is 30.6 Å². The van der Waals surface area contributed by atoms with E-state index in [9.17, 15) is 9.90 Å². The maximum Gasteiger partial charge on any atom is 0.169 e. The molecule has 37 heavy (non-hydrogen) atoms. The number of rotatable bonds is 4. The Labute approximate surface area is 216 Å². The predicted octanol–water partition coefficient (Wildman–Crippen LogP) is 4.25. The molecular weight excluding hydrogens is 464 g/mol. The number of anilines is 2. The van der Waals surface area contributed by atoms with Crippen LogP contribution >= 0.6 is 0 Å². The number of nitrogens with two attached hydrogens (primary N) is 1. The van der Waals surface area contributed by atoms with E-state index in [2.05, 4.69) is 15.1 Å². The van der Waals surface area contributed by atoms with E-state index in [1.54, 1.807) is 12.1 Å². The third-order valence-electron chi connectivity index (χ3n) is 9.53. The van der Waals surface area contributed by atoms with E-state index in [0.717, 1.165) is 50.3 Å². The van der Waals surface area contributed by atoms with Gasteiger partial charge in [0.1, 0.15) is 17.4 Å². The van der Waals surface area contributed by atoms with Gasteiger partial charge in [-0.1, -0.05) is 12.1 Å². The topological polar surface area (TPSA) is 118 Å². The third kappa shape index (κ3) is 3.68. The fraction of sp³-hybridized carbons (Fsp3) is 0.483. The molecule has 0 amide bonds. The number of fused-ring (bicyclic) bond motifs is 1. The molecule has 1 aromatic carbocycles. The zero-order chi connectivity index (χ0) is 25.1. The van der Waals surface area contributed by atoms with Gasteiger partial charge in [-0.15, -0.1) is 10.2 Å². The van der Waals surface area contributed by atoms with E-state index in [4.69, 9.17) is 15.7 Å². The summed E-state index contributed by atoms with van der Waals surface area (Å²) in [6.45, 7) is 1.87. The van der Waals surface area contributed by atoms with Crippen molar-refractivity contribution in [2.24, 2.45) is 17.8 Å². The number of carbonyl (C=O) groups is 1. The van der Waals surface area contributed by atoms with Crippen LogP contribution in [0.3, 0.4) is 0 Å². The Hall–Kier alpha value is -3.55. The quantitative estimate of drug-likeness (QED) is 0.550. The van der Waals surface area contributed by atoms with E-state index < -0.39 is 0 Å². The number of ketones is 1. The lowest BCUT2D eigenvalue weighted by atomic mass is 9.54. The van der Waals surface area contributed by atoms with Gasteiger partial charge in [0.25, 0.3) is 0 Å². The smallest absolute Gasteiger partial charge is 0.169 e. The Bertz CT molecular complexity index is 1350. The zero-order valence-corrected chi connectivity index (χ0v) is 20.9. The first-order valence-electron chi connectivity index (χ1n) is 13.5. The van der Waals surface area contributed by atoms with Crippen LogP contribution in [-0.2, 0) is 10.2 Å². The lowest BCUT2D eigenvalue weighted by Gasteiger charge is -2.52. The largest absolute Gasteiger partial charge is 0.507 e. The molecule has 2 aromatic heterocycles. The van der Waals surface area contributed by atoms with Gasteiger partial charge in [-0.05, 0) is 79.5 Å². The van der Waals surface area contributed by atoms with E-state index in [-0.39, 0.29) is 11.2 Å². The summed E-state index contributed by atoms with van der Waals surface area (Å²) in [5.41, 5.74) is 9.82. The predicted molar refractivity (Wildman–Crippen MR) is 140 cm³/mol. The lowest BCUT2D eigenvalue weighted by molar-refractivity contribution is -0.120. The summed E-state index contributed by atoms with van der Waals surface area (Å²) in [7, 11) is 0. The van der Waals surface area contributed by atoms with Crippen molar-refractivity contribution in [1.29, 1.82) is 0 Å². The van der Waals surface area contributed by atoms with Crippen LogP contribution in [0.2, 0.25) is 0 Å². The van der Waals surface area contributed by atoms with Crippen molar-refractivity contribution in [3.63, 3.8) is 0 Å². The number of phenols is 1. The summed E-state index contributed by atoms with van der Waals surface area (Å²) >= 11 is 0. The second-order valence-electron chi connectivity index (χ2n) is 11.6. The molecule has 4 aliphatic rings. The molecule has 4 unspecified atom stereocenters. The second-order valence-corrected chi connectivity index (χ2v) is 11.6. The number of nitrogen functional groups attached to an aromatic ring is 1. The van der Waals surface area contributed by atoms with Crippen molar-refractivity contribution in [1.82, 2.24) is 20.2 Å². The van der Waals surface area contributed by atoms with Gasteiger partial charge in [0.05, 0.1) is 11.4 Å². The molecule has 8 heteroatoms. The van der Waals surface area contributed by atoms with Gasteiger partial charge in [0, 0.05) is 49.3 Å². The number of hydrogen-bond donors (Lipinski definition) is 2. The highest BCUT2D eigenvalue weighted by Gasteiger charge is 2.63. The Morgan fingerprint density at radius 3 is 2.59 bits per heavy atom. The van der Waals surface area contributed by atoms with Gasteiger partial charge in [-0.25, -0.2) is 9.97 Å². The van der Waals surface area contributed by atoms with Crippen molar-refractivity contribution >= 4 is 17.3 Å². The van der Waals surface area contributed by atoms with Crippen molar-refractivity contribution in [3.05, 3.63) is 54.1 Å². The molecule has 3 N–H and O–H groups in total. The van der Waals surface area contributed by atoms with Crippen LogP contribution < -0.4 is 10.6 Å². The van der Waals surface area contributed by atoms with Crippen molar-refractivity contribution in [2.45, 2.75) is 56.3 Å². The molecule has 3 aliphatic carbocycles. The Morgan fingerprint density at radius 1 is 1.03 bits per heavy atom. The molecule has 7 rings (SSSR count). The Morgan fingerprint density at radius 2 is 1.81 bits per heavy atom. The summed E-state index contributed by atoms with van der Waals surface area (Å²) in [5, 5.41) is 18.8. The molecule has 1 aliphatic heterocycles. The second kappa shape index (κ2) is 8.50. The molecule has 0 radical (unpaired) electrons. The minimum atomic E-state index is 0.103. The maximum atomic E-state index is 11.6. The molecule has 4 fully saturated rings. The van der Waals surface area contributed by atoms with Crippen LogP contribution in [0.5, 0.6) is 5.75 Å². The summed E-state index contributed by atoms with van der Waals surface area (Å²) in [6.07, 6.45) is 10.7. The normalized spacial score (nSPS) is 29.1. The highest BCUT2D eigenvalue weighted by Crippen LogP contribution is 2.64. The molecule has 190 valence electrons. The van der Waals surface area contributed by atoms with Crippen molar-refractivity contribution in [3.8, 4) is 17.0 Å². The average molecular weight is 497 g/mol. The fourth-order valence-electron chi connectivity index (χ4n) is 7.75. The Balaban J connectivity index is 1.10. The van der Waals surface area contributed by atoms with Crippen molar-refractivity contribution in [2.75, 3.05) is 23.7 Å². The first-order valence-corrected chi connectivity index (χ1v) is 13.5. The average Bonchev–Trinajstić information content (AvgIpc) is 3.09. The number of aromatic hydroxyl groups is 1. The minimum Gasteiger partial charge on any atom is -0.507 e. The van der Waals surface area contributed by atoms with Crippen LogP contribution in [0.15, 0.2) is 42.7 Å². The van der Waals surface area contributed by atoms with Gasteiger partial charge in [-0.3, -0.25) is 4.79 Å². The van der Waals surface area contributed by atoms with Crippen LogP contribution in [0.1, 0.15) is 62.3 Å². The van der Waals surface area contributed by atoms with Gasteiger partial charge in [0.15, 0.2) is 5.82 Å². The van der Waals surface area contributed by atoms with Crippen LogP contribution in [0.25, 0.3) is 11.3 Å². The molecule has 3 saturated carbocycles.